The molecule has 7 heteroatoms. The van der Waals surface area contributed by atoms with Crippen molar-refractivity contribution in [3.8, 4) is 5.75 Å². The minimum absolute atomic E-state index is 0.0420. The van der Waals surface area contributed by atoms with E-state index in [9.17, 15) is 14.9 Å². The van der Waals surface area contributed by atoms with Gasteiger partial charge in [0.2, 0.25) is 0 Å². The molecule has 0 saturated heterocycles. The summed E-state index contributed by atoms with van der Waals surface area (Å²) in [5, 5.41) is 13.8. The summed E-state index contributed by atoms with van der Waals surface area (Å²) in [7, 11) is 1.59. The molecule has 0 radical (unpaired) electrons. The van der Waals surface area contributed by atoms with E-state index in [0.29, 0.717) is 5.56 Å². The molecule has 0 amide bonds. The lowest BCUT2D eigenvalue weighted by Crippen LogP contribution is -2.40. The molecule has 0 fully saturated rings. The number of hydrogen-bond donors (Lipinski definition) is 1. The second-order valence-corrected chi connectivity index (χ2v) is 4.08. The summed E-state index contributed by atoms with van der Waals surface area (Å²) in [5.74, 6) is -0.315. The number of carbonyl (C=O) groups is 1. The summed E-state index contributed by atoms with van der Waals surface area (Å²) in [6.45, 7) is 3.56. The van der Waals surface area contributed by atoms with E-state index in [1.807, 2.05) is 0 Å². The second kappa shape index (κ2) is 7.44. The van der Waals surface area contributed by atoms with Crippen molar-refractivity contribution in [3.63, 3.8) is 0 Å². The van der Waals surface area contributed by atoms with Crippen molar-refractivity contribution in [3.05, 3.63) is 33.9 Å². The molecule has 1 atom stereocenters. The Hall–Kier alpha value is -2.15. The fourth-order valence-corrected chi connectivity index (χ4v) is 1.67. The van der Waals surface area contributed by atoms with Gasteiger partial charge in [0, 0.05) is 5.56 Å². The molecule has 0 spiro atoms. The fourth-order valence-electron chi connectivity index (χ4n) is 1.67. The highest BCUT2D eigenvalue weighted by atomic mass is 16.6. The van der Waals surface area contributed by atoms with Gasteiger partial charge >= 0.3 is 11.7 Å². The van der Waals surface area contributed by atoms with Gasteiger partial charge in [0.25, 0.3) is 0 Å². The first-order valence-corrected chi connectivity index (χ1v) is 6.22. The molecule has 1 N–H and O–H groups in total. The lowest BCUT2D eigenvalue weighted by atomic mass is 10.2. The number of carbonyl (C=O) groups excluding carboxylic acids is 1. The van der Waals surface area contributed by atoms with E-state index >= 15 is 0 Å². The van der Waals surface area contributed by atoms with E-state index in [1.54, 1.807) is 33.0 Å². The zero-order valence-corrected chi connectivity index (χ0v) is 11.7. The second-order valence-electron chi connectivity index (χ2n) is 4.08. The highest BCUT2D eigenvalue weighted by Crippen LogP contribution is 2.30. The zero-order chi connectivity index (χ0) is 15.1. The number of likely N-dealkylation sites (N-methyl/N-ethyl adjacent to an activating group) is 1. The van der Waals surface area contributed by atoms with Crippen LogP contribution in [0.25, 0.3) is 0 Å². The van der Waals surface area contributed by atoms with Crippen LogP contribution in [-0.2, 0) is 9.53 Å². The first-order chi connectivity index (χ1) is 9.51. The van der Waals surface area contributed by atoms with Gasteiger partial charge in [-0.1, -0.05) is 12.1 Å². The topological polar surface area (TPSA) is 90.7 Å². The van der Waals surface area contributed by atoms with Crippen LogP contribution in [-0.4, -0.2) is 37.2 Å². The van der Waals surface area contributed by atoms with Gasteiger partial charge in [-0.25, -0.2) is 0 Å². The Balaban J connectivity index is 2.81. The molecule has 0 saturated carbocycles. The summed E-state index contributed by atoms with van der Waals surface area (Å²) in [6, 6.07) is 4.13. The number of rotatable bonds is 7. The van der Waals surface area contributed by atoms with E-state index in [1.165, 1.54) is 6.07 Å². The Kier molecular flexibility index (Phi) is 5.92. The van der Waals surface area contributed by atoms with Crippen LogP contribution in [0.15, 0.2) is 18.2 Å². The molecule has 0 aromatic heterocycles. The van der Waals surface area contributed by atoms with Gasteiger partial charge in [-0.2, -0.15) is 0 Å². The minimum Gasteiger partial charge on any atom is -0.485 e. The summed E-state index contributed by atoms with van der Waals surface area (Å²) in [6.07, 6.45) is 0. The average Bonchev–Trinajstić information content (AvgIpc) is 2.39. The van der Waals surface area contributed by atoms with E-state index in [2.05, 4.69) is 5.32 Å². The normalized spacial score (nSPS) is 11.8. The van der Waals surface area contributed by atoms with Crippen molar-refractivity contribution >= 4 is 11.7 Å². The van der Waals surface area contributed by atoms with Gasteiger partial charge in [-0.3, -0.25) is 14.9 Å². The smallest absolute Gasteiger partial charge is 0.326 e. The van der Waals surface area contributed by atoms with Crippen LogP contribution in [0.5, 0.6) is 5.75 Å². The van der Waals surface area contributed by atoms with Gasteiger partial charge in [-0.05, 0) is 27.0 Å². The SMILES string of the molecule is CCOC(=O)C(COc1cccc(C)c1[N+](=O)[O-])NC. The summed E-state index contributed by atoms with van der Waals surface area (Å²) >= 11 is 0. The van der Waals surface area contributed by atoms with Gasteiger partial charge in [0.15, 0.2) is 5.75 Å². The molecular weight excluding hydrogens is 264 g/mol. The molecule has 0 bridgehead atoms. The van der Waals surface area contributed by atoms with Gasteiger partial charge in [-0.15, -0.1) is 0 Å². The highest BCUT2D eigenvalue weighted by molar-refractivity contribution is 5.76. The number of hydrogen-bond acceptors (Lipinski definition) is 6. The Morgan fingerprint density at radius 2 is 2.20 bits per heavy atom. The van der Waals surface area contributed by atoms with Crippen LogP contribution in [0.4, 0.5) is 5.69 Å². The monoisotopic (exact) mass is 282 g/mol. The molecule has 7 nitrogen and oxygen atoms in total. The lowest BCUT2D eigenvalue weighted by Gasteiger charge is -2.15. The molecule has 1 rings (SSSR count). The number of nitrogens with one attached hydrogen (secondary N) is 1. The van der Waals surface area contributed by atoms with E-state index < -0.39 is 16.9 Å². The number of nitro benzene ring substituents is 1. The maximum absolute atomic E-state index is 11.6. The first kappa shape index (κ1) is 15.9. The third-order valence-electron chi connectivity index (χ3n) is 2.71. The number of ether oxygens (including phenoxy) is 2. The van der Waals surface area contributed by atoms with Crippen molar-refractivity contribution in [1.82, 2.24) is 5.32 Å². The number of para-hydroxylation sites is 1. The maximum atomic E-state index is 11.6. The van der Waals surface area contributed by atoms with Crippen molar-refractivity contribution in [2.45, 2.75) is 19.9 Å². The molecule has 1 unspecified atom stereocenters. The van der Waals surface area contributed by atoms with Crippen LogP contribution in [0, 0.1) is 17.0 Å². The standard InChI is InChI=1S/C13H18N2O5/c1-4-19-13(16)10(14-3)8-20-11-7-5-6-9(2)12(11)15(17)18/h5-7,10,14H,4,8H2,1-3H3. The molecule has 110 valence electrons. The van der Waals surface area contributed by atoms with Crippen LogP contribution in [0.1, 0.15) is 12.5 Å². The highest BCUT2D eigenvalue weighted by Gasteiger charge is 2.22. The van der Waals surface area contributed by atoms with Crippen molar-refractivity contribution in [1.29, 1.82) is 0 Å². The Morgan fingerprint density at radius 3 is 2.75 bits per heavy atom. The minimum atomic E-state index is -0.671. The predicted octanol–water partition coefficient (Wildman–Crippen LogP) is 1.43. The van der Waals surface area contributed by atoms with Gasteiger partial charge in [0.1, 0.15) is 12.6 Å². The fraction of sp³-hybridized carbons (Fsp3) is 0.462. The number of nitrogens with zero attached hydrogens (tertiary/aromatic N) is 1. The molecule has 0 heterocycles. The van der Waals surface area contributed by atoms with Crippen molar-refractivity contribution in [2.24, 2.45) is 0 Å². The number of esters is 1. The summed E-state index contributed by atoms with van der Waals surface area (Å²) < 4.78 is 10.3. The van der Waals surface area contributed by atoms with Crippen LogP contribution >= 0.6 is 0 Å². The third kappa shape index (κ3) is 3.92. The Bertz CT molecular complexity index is 490. The maximum Gasteiger partial charge on any atom is 0.326 e. The lowest BCUT2D eigenvalue weighted by molar-refractivity contribution is -0.386. The average molecular weight is 282 g/mol. The molecule has 20 heavy (non-hydrogen) atoms. The van der Waals surface area contributed by atoms with Gasteiger partial charge in [0.05, 0.1) is 11.5 Å². The van der Waals surface area contributed by atoms with Crippen molar-refractivity contribution < 1.29 is 19.2 Å². The molecule has 1 aromatic rings. The largest absolute Gasteiger partial charge is 0.485 e. The third-order valence-corrected chi connectivity index (χ3v) is 2.71. The molecule has 0 aliphatic carbocycles. The van der Waals surface area contributed by atoms with Crippen LogP contribution < -0.4 is 10.1 Å². The first-order valence-electron chi connectivity index (χ1n) is 6.22. The number of nitro groups is 1. The van der Waals surface area contributed by atoms with Crippen LogP contribution in [0.2, 0.25) is 0 Å². The molecule has 0 aliphatic rings. The Labute approximate surface area is 117 Å². The van der Waals surface area contributed by atoms with Crippen molar-refractivity contribution in [2.75, 3.05) is 20.3 Å². The predicted molar refractivity (Wildman–Crippen MR) is 72.8 cm³/mol. The molecule has 0 aliphatic heterocycles. The number of benzene rings is 1. The summed E-state index contributed by atoms with van der Waals surface area (Å²) in [4.78, 5) is 22.1. The van der Waals surface area contributed by atoms with E-state index in [0.717, 1.165) is 0 Å². The number of aryl methyl sites for hydroxylation is 1. The van der Waals surface area contributed by atoms with Crippen LogP contribution in [0.3, 0.4) is 0 Å². The molecule has 1 aromatic carbocycles. The van der Waals surface area contributed by atoms with E-state index in [-0.39, 0.29) is 24.7 Å². The summed E-state index contributed by atoms with van der Waals surface area (Å²) in [5.41, 5.74) is 0.413. The quantitative estimate of drug-likeness (QED) is 0.462. The Morgan fingerprint density at radius 1 is 1.50 bits per heavy atom. The molecular formula is C13H18N2O5. The van der Waals surface area contributed by atoms with Gasteiger partial charge < -0.3 is 14.8 Å². The zero-order valence-electron chi connectivity index (χ0n) is 11.7. The van der Waals surface area contributed by atoms with E-state index in [4.69, 9.17) is 9.47 Å².